The molecule has 0 atom stereocenters. The van der Waals surface area contributed by atoms with Crippen molar-refractivity contribution in [1.82, 2.24) is 4.98 Å². The number of ether oxygens (including phenoxy) is 1. The fourth-order valence-electron chi connectivity index (χ4n) is 2.31. The molecule has 1 amide bonds. The molecule has 5 heteroatoms. The van der Waals surface area contributed by atoms with Crippen molar-refractivity contribution >= 4 is 11.7 Å². The Kier molecular flexibility index (Phi) is 3.70. The standard InChI is InChI=1S/C15H19N3O2/c1-4-9-6-10(13(20-3)5-8(9)2)12-7-11(15(17)19)14(16)18-12/h5-7,18H,4,16H2,1-3H3,(H2,17,19). The van der Waals surface area contributed by atoms with Gasteiger partial charge in [-0.05, 0) is 42.7 Å². The van der Waals surface area contributed by atoms with E-state index in [0.717, 1.165) is 23.4 Å². The second-order valence-corrected chi connectivity index (χ2v) is 4.71. The number of anilines is 1. The quantitative estimate of drug-likeness (QED) is 0.797. The van der Waals surface area contributed by atoms with E-state index in [4.69, 9.17) is 16.2 Å². The summed E-state index contributed by atoms with van der Waals surface area (Å²) in [6.45, 7) is 4.14. The van der Waals surface area contributed by atoms with Gasteiger partial charge < -0.3 is 21.2 Å². The molecule has 0 bridgehead atoms. The number of nitrogens with two attached hydrogens (primary N) is 2. The maximum absolute atomic E-state index is 11.3. The van der Waals surface area contributed by atoms with Gasteiger partial charge in [-0.25, -0.2) is 0 Å². The van der Waals surface area contributed by atoms with Gasteiger partial charge in [-0.15, -0.1) is 0 Å². The molecule has 5 N–H and O–H groups in total. The van der Waals surface area contributed by atoms with Crippen molar-refractivity contribution in [1.29, 1.82) is 0 Å². The molecule has 20 heavy (non-hydrogen) atoms. The zero-order valence-electron chi connectivity index (χ0n) is 11.9. The third-order valence-electron chi connectivity index (χ3n) is 3.44. The van der Waals surface area contributed by atoms with E-state index < -0.39 is 5.91 Å². The van der Waals surface area contributed by atoms with E-state index in [9.17, 15) is 4.79 Å². The van der Waals surface area contributed by atoms with E-state index >= 15 is 0 Å². The molecule has 0 unspecified atom stereocenters. The highest BCUT2D eigenvalue weighted by atomic mass is 16.5. The number of methoxy groups -OCH3 is 1. The minimum Gasteiger partial charge on any atom is -0.496 e. The fraction of sp³-hybridized carbons (Fsp3) is 0.267. The van der Waals surface area contributed by atoms with Gasteiger partial charge in [0.05, 0.1) is 18.4 Å². The molecular weight excluding hydrogens is 254 g/mol. The highest BCUT2D eigenvalue weighted by molar-refractivity contribution is 5.99. The minimum absolute atomic E-state index is 0.271. The average molecular weight is 273 g/mol. The van der Waals surface area contributed by atoms with Crippen molar-refractivity contribution in [2.24, 2.45) is 5.73 Å². The van der Waals surface area contributed by atoms with Crippen molar-refractivity contribution in [3.63, 3.8) is 0 Å². The van der Waals surface area contributed by atoms with Gasteiger partial charge in [-0.1, -0.05) is 6.92 Å². The second kappa shape index (κ2) is 5.28. The fourth-order valence-corrected chi connectivity index (χ4v) is 2.31. The van der Waals surface area contributed by atoms with Crippen LogP contribution in [0.5, 0.6) is 5.75 Å². The van der Waals surface area contributed by atoms with Crippen molar-refractivity contribution in [3.05, 3.63) is 34.9 Å². The van der Waals surface area contributed by atoms with Crippen LogP contribution in [0.2, 0.25) is 0 Å². The number of carbonyl (C=O) groups excluding carboxylic acids is 1. The topological polar surface area (TPSA) is 94.1 Å². The number of rotatable bonds is 4. The van der Waals surface area contributed by atoms with Crippen LogP contribution in [0.15, 0.2) is 18.2 Å². The summed E-state index contributed by atoms with van der Waals surface area (Å²) >= 11 is 0. The molecule has 1 aromatic carbocycles. The van der Waals surface area contributed by atoms with Crippen LogP contribution >= 0.6 is 0 Å². The van der Waals surface area contributed by atoms with Crippen LogP contribution in [0.25, 0.3) is 11.3 Å². The number of aromatic amines is 1. The molecule has 0 saturated carbocycles. The Morgan fingerprint density at radius 3 is 2.55 bits per heavy atom. The molecule has 0 saturated heterocycles. The number of nitrogens with one attached hydrogen (secondary N) is 1. The second-order valence-electron chi connectivity index (χ2n) is 4.71. The lowest BCUT2D eigenvalue weighted by atomic mass is 10.00. The summed E-state index contributed by atoms with van der Waals surface area (Å²) in [6.07, 6.45) is 0.918. The van der Waals surface area contributed by atoms with Gasteiger partial charge in [0, 0.05) is 5.56 Å². The summed E-state index contributed by atoms with van der Waals surface area (Å²) < 4.78 is 5.41. The van der Waals surface area contributed by atoms with Crippen LogP contribution < -0.4 is 16.2 Å². The summed E-state index contributed by atoms with van der Waals surface area (Å²) in [4.78, 5) is 14.3. The maximum atomic E-state index is 11.3. The third kappa shape index (κ3) is 2.34. The van der Waals surface area contributed by atoms with E-state index in [1.165, 1.54) is 11.1 Å². The number of carbonyl (C=O) groups is 1. The largest absolute Gasteiger partial charge is 0.496 e. The SMILES string of the molecule is CCc1cc(-c2cc(C(N)=O)c(N)[nH]2)c(OC)cc1C. The van der Waals surface area contributed by atoms with Crippen LogP contribution in [0.4, 0.5) is 5.82 Å². The van der Waals surface area contributed by atoms with Crippen LogP contribution in [-0.4, -0.2) is 18.0 Å². The minimum atomic E-state index is -0.549. The Morgan fingerprint density at radius 2 is 2.05 bits per heavy atom. The molecule has 5 nitrogen and oxygen atoms in total. The van der Waals surface area contributed by atoms with Gasteiger partial charge in [-0.3, -0.25) is 4.79 Å². The first kappa shape index (κ1) is 14.0. The Balaban J connectivity index is 2.62. The maximum Gasteiger partial charge on any atom is 0.252 e. The van der Waals surface area contributed by atoms with Gasteiger partial charge in [0.15, 0.2) is 0 Å². The molecule has 0 radical (unpaired) electrons. The summed E-state index contributed by atoms with van der Waals surface area (Å²) in [5.74, 6) is 0.456. The lowest BCUT2D eigenvalue weighted by molar-refractivity contribution is 0.100. The number of H-pyrrole nitrogens is 1. The van der Waals surface area contributed by atoms with Crippen molar-refractivity contribution in [2.75, 3.05) is 12.8 Å². The van der Waals surface area contributed by atoms with E-state index in [0.29, 0.717) is 5.56 Å². The number of benzene rings is 1. The molecule has 0 fully saturated rings. The number of aromatic nitrogens is 1. The summed E-state index contributed by atoms with van der Waals surface area (Å²) in [5, 5.41) is 0. The summed E-state index contributed by atoms with van der Waals surface area (Å²) in [5.41, 5.74) is 15.3. The molecule has 0 aliphatic carbocycles. The van der Waals surface area contributed by atoms with Crippen molar-refractivity contribution in [3.8, 4) is 17.0 Å². The van der Waals surface area contributed by atoms with E-state index in [1.54, 1.807) is 13.2 Å². The van der Waals surface area contributed by atoms with Gasteiger partial charge in [0.25, 0.3) is 5.91 Å². The Bertz CT molecular complexity index is 659. The monoisotopic (exact) mass is 273 g/mol. The van der Waals surface area contributed by atoms with E-state index in [2.05, 4.69) is 11.9 Å². The zero-order chi connectivity index (χ0) is 14.9. The molecule has 0 spiro atoms. The van der Waals surface area contributed by atoms with Gasteiger partial charge in [0.2, 0.25) is 0 Å². The molecule has 0 aliphatic rings. The van der Waals surface area contributed by atoms with Gasteiger partial charge in [0.1, 0.15) is 11.6 Å². The molecule has 1 heterocycles. The van der Waals surface area contributed by atoms with Crippen LogP contribution in [-0.2, 0) is 6.42 Å². The van der Waals surface area contributed by atoms with Gasteiger partial charge >= 0.3 is 0 Å². The lowest BCUT2D eigenvalue weighted by Crippen LogP contribution is -2.11. The Morgan fingerprint density at radius 1 is 1.35 bits per heavy atom. The van der Waals surface area contributed by atoms with Crippen LogP contribution in [0.3, 0.4) is 0 Å². The third-order valence-corrected chi connectivity index (χ3v) is 3.44. The molecule has 0 aliphatic heterocycles. The predicted octanol–water partition coefficient (Wildman–Crippen LogP) is 2.24. The average Bonchev–Trinajstić information content (AvgIpc) is 2.80. The Hall–Kier alpha value is -2.43. The summed E-state index contributed by atoms with van der Waals surface area (Å²) in [7, 11) is 1.62. The molecule has 106 valence electrons. The molecule has 2 aromatic rings. The highest BCUT2D eigenvalue weighted by Gasteiger charge is 2.15. The smallest absolute Gasteiger partial charge is 0.252 e. The zero-order valence-corrected chi connectivity index (χ0v) is 11.9. The van der Waals surface area contributed by atoms with E-state index in [-0.39, 0.29) is 5.82 Å². The number of aryl methyl sites for hydroxylation is 2. The van der Waals surface area contributed by atoms with E-state index in [1.807, 2.05) is 19.1 Å². The first-order valence-electron chi connectivity index (χ1n) is 6.44. The van der Waals surface area contributed by atoms with Crippen molar-refractivity contribution < 1.29 is 9.53 Å². The van der Waals surface area contributed by atoms with Crippen molar-refractivity contribution in [2.45, 2.75) is 20.3 Å². The number of hydrogen-bond donors (Lipinski definition) is 3. The molecule has 1 aromatic heterocycles. The summed E-state index contributed by atoms with van der Waals surface area (Å²) in [6, 6.07) is 5.68. The molecular formula is C15H19N3O2. The number of amides is 1. The first-order valence-corrected chi connectivity index (χ1v) is 6.44. The molecule has 2 rings (SSSR count). The number of hydrogen-bond acceptors (Lipinski definition) is 3. The normalized spacial score (nSPS) is 10.6. The lowest BCUT2D eigenvalue weighted by Gasteiger charge is -2.12. The van der Waals surface area contributed by atoms with Crippen LogP contribution in [0, 0.1) is 6.92 Å². The Labute approximate surface area is 117 Å². The number of primary amides is 1. The number of nitrogen functional groups attached to an aromatic ring is 1. The van der Waals surface area contributed by atoms with Gasteiger partial charge in [-0.2, -0.15) is 0 Å². The predicted molar refractivity (Wildman–Crippen MR) is 79.8 cm³/mol. The highest BCUT2D eigenvalue weighted by Crippen LogP contribution is 2.34. The van der Waals surface area contributed by atoms with Crippen LogP contribution in [0.1, 0.15) is 28.4 Å². The first-order chi connectivity index (χ1) is 9.47.